The van der Waals surface area contributed by atoms with E-state index in [1.54, 1.807) is 10.8 Å². The zero-order valence-corrected chi connectivity index (χ0v) is 11.9. The number of benzene rings is 1. The molecular formula is C15H18N5O+. The molecule has 0 bridgehead atoms. The van der Waals surface area contributed by atoms with E-state index in [0.717, 1.165) is 28.9 Å². The largest absolute Gasteiger partial charge is 0.381 e. The lowest BCUT2D eigenvalue weighted by molar-refractivity contribution is -0.565. The Labute approximate surface area is 122 Å². The summed E-state index contributed by atoms with van der Waals surface area (Å²) in [6.07, 6.45) is 2.35. The summed E-state index contributed by atoms with van der Waals surface area (Å²) < 4.78 is 7.17. The van der Waals surface area contributed by atoms with Crippen molar-refractivity contribution in [2.45, 2.75) is 13.3 Å². The van der Waals surface area contributed by atoms with E-state index in [1.165, 1.54) is 0 Å². The SMILES string of the molecule is CCOCCc1c(-c2ccccc2)nc(N)[n+]2[nH]cnc12. The standard InChI is InChI=1S/C15H17N5O/c1-2-21-9-8-12-13(11-6-4-3-5-7-11)19-15(16)20-14(12)17-10-18-20/h3-7,10H,2,8-9H2,1H3,(H2,16,17,18,19)/p+1. The first-order chi connectivity index (χ1) is 10.3. The predicted molar refractivity (Wildman–Crippen MR) is 79.6 cm³/mol. The summed E-state index contributed by atoms with van der Waals surface area (Å²) in [5.74, 6) is 0.390. The Hall–Kier alpha value is -2.47. The van der Waals surface area contributed by atoms with Gasteiger partial charge in [0, 0.05) is 18.6 Å². The van der Waals surface area contributed by atoms with Crippen LogP contribution in [-0.4, -0.2) is 28.3 Å². The molecule has 3 rings (SSSR count). The number of aromatic nitrogens is 4. The molecule has 0 aliphatic heterocycles. The summed E-state index contributed by atoms with van der Waals surface area (Å²) in [6.45, 7) is 3.31. The van der Waals surface area contributed by atoms with E-state index in [9.17, 15) is 0 Å². The molecule has 0 spiro atoms. The molecule has 1 aromatic carbocycles. The lowest BCUT2D eigenvalue weighted by Crippen LogP contribution is -2.31. The van der Waals surface area contributed by atoms with Gasteiger partial charge < -0.3 is 10.5 Å². The first-order valence-electron chi connectivity index (χ1n) is 6.98. The van der Waals surface area contributed by atoms with Crippen molar-refractivity contribution in [3.05, 3.63) is 42.2 Å². The topological polar surface area (TPSA) is 80.9 Å². The minimum absolute atomic E-state index is 0.390. The predicted octanol–water partition coefficient (Wildman–Crippen LogP) is 1.37. The highest BCUT2D eigenvalue weighted by molar-refractivity contribution is 5.68. The van der Waals surface area contributed by atoms with E-state index in [-0.39, 0.29) is 0 Å². The first kappa shape index (κ1) is 13.5. The Kier molecular flexibility index (Phi) is 3.79. The number of ether oxygens (including phenoxy) is 1. The third kappa shape index (κ3) is 2.57. The minimum atomic E-state index is 0.390. The van der Waals surface area contributed by atoms with Crippen LogP contribution in [-0.2, 0) is 11.2 Å². The number of rotatable bonds is 5. The van der Waals surface area contributed by atoms with Crippen molar-refractivity contribution in [3.8, 4) is 11.3 Å². The van der Waals surface area contributed by atoms with Crippen LogP contribution in [0.25, 0.3) is 16.9 Å². The molecule has 0 aliphatic carbocycles. The lowest BCUT2D eigenvalue weighted by Gasteiger charge is -2.07. The van der Waals surface area contributed by atoms with E-state index in [0.29, 0.717) is 19.2 Å². The second-order valence-electron chi connectivity index (χ2n) is 4.66. The highest BCUT2D eigenvalue weighted by atomic mass is 16.5. The fraction of sp³-hybridized carbons (Fsp3) is 0.267. The van der Waals surface area contributed by atoms with Gasteiger partial charge in [-0.05, 0) is 6.92 Å². The van der Waals surface area contributed by atoms with Crippen LogP contribution in [0.5, 0.6) is 0 Å². The lowest BCUT2D eigenvalue weighted by atomic mass is 10.0. The van der Waals surface area contributed by atoms with Gasteiger partial charge in [0.05, 0.1) is 12.2 Å². The van der Waals surface area contributed by atoms with Gasteiger partial charge in [-0.1, -0.05) is 30.3 Å². The number of hydrogen-bond donors (Lipinski definition) is 2. The Balaban J connectivity index is 2.14. The van der Waals surface area contributed by atoms with Crippen LogP contribution in [0.1, 0.15) is 12.5 Å². The molecule has 0 fully saturated rings. The molecule has 6 nitrogen and oxygen atoms in total. The van der Waals surface area contributed by atoms with E-state index in [1.807, 2.05) is 37.3 Å². The fourth-order valence-corrected chi connectivity index (χ4v) is 2.38. The third-order valence-electron chi connectivity index (χ3n) is 3.34. The third-order valence-corrected chi connectivity index (χ3v) is 3.34. The zero-order chi connectivity index (χ0) is 14.7. The summed E-state index contributed by atoms with van der Waals surface area (Å²) in [7, 11) is 0. The molecule has 0 aliphatic rings. The Morgan fingerprint density at radius 3 is 2.86 bits per heavy atom. The van der Waals surface area contributed by atoms with Gasteiger partial charge in [-0.15, -0.1) is 14.5 Å². The van der Waals surface area contributed by atoms with Crippen LogP contribution in [0.4, 0.5) is 5.95 Å². The number of fused-ring (bicyclic) bond motifs is 1. The number of H-pyrrole nitrogens is 1. The molecule has 3 aromatic rings. The monoisotopic (exact) mass is 284 g/mol. The highest BCUT2D eigenvalue weighted by Crippen LogP contribution is 2.23. The molecule has 3 N–H and O–H groups in total. The van der Waals surface area contributed by atoms with Crippen molar-refractivity contribution < 1.29 is 9.25 Å². The van der Waals surface area contributed by atoms with Crippen LogP contribution >= 0.6 is 0 Å². The van der Waals surface area contributed by atoms with Crippen molar-refractivity contribution in [1.82, 2.24) is 15.1 Å². The number of hydrogen-bond acceptors (Lipinski definition) is 4. The maximum atomic E-state index is 6.01. The molecule has 0 amide bonds. The van der Waals surface area contributed by atoms with E-state index in [4.69, 9.17) is 10.5 Å². The van der Waals surface area contributed by atoms with Gasteiger partial charge >= 0.3 is 5.95 Å². The van der Waals surface area contributed by atoms with Crippen molar-refractivity contribution in [2.24, 2.45) is 0 Å². The number of aromatic amines is 1. The maximum Gasteiger partial charge on any atom is 0.367 e. The normalized spacial score (nSPS) is 11.1. The summed E-state index contributed by atoms with van der Waals surface area (Å²) in [4.78, 5) is 8.91. The molecule has 0 saturated carbocycles. The molecule has 0 radical (unpaired) electrons. The van der Waals surface area contributed by atoms with Gasteiger partial charge in [-0.25, -0.2) is 5.10 Å². The van der Waals surface area contributed by atoms with Crippen LogP contribution in [0.15, 0.2) is 36.7 Å². The number of nitrogens with zero attached hydrogens (tertiary/aromatic N) is 3. The second-order valence-corrected chi connectivity index (χ2v) is 4.66. The Morgan fingerprint density at radius 1 is 1.29 bits per heavy atom. The van der Waals surface area contributed by atoms with Crippen molar-refractivity contribution in [3.63, 3.8) is 0 Å². The van der Waals surface area contributed by atoms with Crippen LogP contribution < -0.4 is 10.2 Å². The van der Waals surface area contributed by atoms with Gasteiger partial charge in [-0.3, -0.25) is 0 Å². The average Bonchev–Trinajstić information content (AvgIpc) is 3.00. The van der Waals surface area contributed by atoms with Crippen LogP contribution in [0.2, 0.25) is 0 Å². The molecule has 2 aromatic heterocycles. The quantitative estimate of drug-likeness (QED) is 0.548. The molecular weight excluding hydrogens is 266 g/mol. The minimum Gasteiger partial charge on any atom is -0.381 e. The smallest absolute Gasteiger partial charge is 0.367 e. The van der Waals surface area contributed by atoms with E-state index >= 15 is 0 Å². The second kappa shape index (κ2) is 5.88. The molecule has 2 heterocycles. The molecule has 0 saturated heterocycles. The Morgan fingerprint density at radius 2 is 2.10 bits per heavy atom. The highest BCUT2D eigenvalue weighted by Gasteiger charge is 2.21. The van der Waals surface area contributed by atoms with Gasteiger partial charge in [0.2, 0.25) is 0 Å². The number of nitrogens with one attached hydrogen (secondary N) is 1. The maximum absolute atomic E-state index is 6.01. The van der Waals surface area contributed by atoms with Crippen LogP contribution in [0.3, 0.4) is 0 Å². The molecule has 6 heteroatoms. The summed E-state index contributed by atoms with van der Waals surface area (Å²) in [5.41, 5.74) is 9.73. The molecule has 21 heavy (non-hydrogen) atoms. The number of nitrogen functional groups attached to an aromatic ring is 1. The summed E-state index contributed by atoms with van der Waals surface area (Å²) in [5, 5.41) is 2.97. The van der Waals surface area contributed by atoms with Gasteiger partial charge in [0.25, 0.3) is 5.65 Å². The zero-order valence-electron chi connectivity index (χ0n) is 11.9. The molecule has 0 unspecified atom stereocenters. The van der Waals surface area contributed by atoms with Crippen LogP contribution in [0, 0.1) is 0 Å². The number of anilines is 1. The fourth-order valence-electron chi connectivity index (χ4n) is 2.38. The van der Waals surface area contributed by atoms with Gasteiger partial charge in [0.1, 0.15) is 5.69 Å². The number of nitrogens with two attached hydrogens (primary N) is 1. The molecule has 0 atom stereocenters. The summed E-state index contributed by atoms with van der Waals surface area (Å²) in [6, 6.07) is 10.0. The average molecular weight is 284 g/mol. The van der Waals surface area contributed by atoms with E-state index in [2.05, 4.69) is 15.1 Å². The first-order valence-corrected chi connectivity index (χ1v) is 6.98. The Bertz CT molecular complexity index is 738. The van der Waals surface area contributed by atoms with Crippen molar-refractivity contribution >= 4 is 11.6 Å². The summed E-state index contributed by atoms with van der Waals surface area (Å²) >= 11 is 0. The van der Waals surface area contributed by atoms with Crippen molar-refractivity contribution in [2.75, 3.05) is 18.9 Å². The van der Waals surface area contributed by atoms with Gasteiger partial charge in [0.15, 0.2) is 6.33 Å². The van der Waals surface area contributed by atoms with E-state index < -0.39 is 0 Å². The molecule has 108 valence electrons. The van der Waals surface area contributed by atoms with Crippen molar-refractivity contribution in [1.29, 1.82) is 0 Å². The van der Waals surface area contributed by atoms with Gasteiger partial charge in [-0.2, -0.15) is 0 Å².